The average Bonchev–Trinajstić information content (AvgIpc) is 2.63. The quantitative estimate of drug-likeness (QED) is 0.562. The Bertz CT molecular complexity index is 876. The summed E-state index contributed by atoms with van der Waals surface area (Å²) < 4.78 is 120. The van der Waals surface area contributed by atoms with Crippen molar-refractivity contribution in [2.45, 2.75) is 56.9 Å². The molecule has 1 aromatic rings. The number of halogens is 9. The van der Waals surface area contributed by atoms with Gasteiger partial charge in [0, 0.05) is 6.20 Å². The number of aliphatic imine (C=N–C) groups is 2. The summed E-state index contributed by atoms with van der Waals surface area (Å²) in [4.78, 5) is 13.1. The first-order valence-electron chi connectivity index (χ1n) is 9.07. The van der Waals surface area contributed by atoms with E-state index in [9.17, 15) is 39.5 Å². The molecule has 7 nitrogen and oxygen atoms in total. The second-order valence-corrected chi connectivity index (χ2v) is 6.72. The zero-order valence-corrected chi connectivity index (χ0v) is 16.5. The SMILES string of the molecule is CC[C@H](N=C1NC(N)=NC(c2ccnc(C(F)(F)F)n2)([C@H](CC)C(F)(F)F)N1)C(F)(F)F. The van der Waals surface area contributed by atoms with Gasteiger partial charge in [-0.2, -0.15) is 39.5 Å². The molecule has 4 N–H and O–H groups in total. The molecule has 1 aliphatic rings. The third kappa shape index (κ3) is 5.32. The number of nitrogens with zero attached hydrogens (tertiary/aromatic N) is 4. The molecular formula is C16H18F9N7. The predicted octanol–water partition coefficient (Wildman–Crippen LogP) is 3.44. The van der Waals surface area contributed by atoms with Crippen LogP contribution in [0.5, 0.6) is 0 Å². The van der Waals surface area contributed by atoms with E-state index in [1.54, 1.807) is 0 Å². The van der Waals surface area contributed by atoms with E-state index >= 15 is 0 Å². The third-order valence-corrected chi connectivity index (χ3v) is 4.51. The number of aromatic nitrogens is 2. The Hall–Kier alpha value is -2.81. The van der Waals surface area contributed by atoms with Gasteiger partial charge in [0.2, 0.25) is 11.8 Å². The number of rotatable bonds is 5. The van der Waals surface area contributed by atoms with E-state index in [4.69, 9.17) is 5.73 Å². The van der Waals surface area contributed by atoms with Crippen LogP contribution in [-0.2, 0) is 11.8 Å². The van der Waals surface area contributed by atoms with Crippen LogP contribution in [0.3, 0.4) is 0 Å². The molecule has 32 heavy (non-hydrogen) atoms. The van der Waals surface area contributed by atoms with E-state index in [1.807, 2.05) is 0 Å². The van der Waals surface area contributed by atoms with E-state index < -0.39 is 72.4 Å². The molecule has 0 saturated carbocycles. The summed E-state index contributed by atoms with van der Waals surface area (Å²) in [7, 11) is 0. The number of nitrogens with two attached hydrogens (primary N) is 1. The van der Waals surface area contributed by atoms with E-state index in [2.05, 4.69) is 30.6 Å². The molecule has 0 aromatic carbocycles. The van der Waals surface area contributed by atoms with Crippen LogP contribution < -0.4 is 16.4 Å². The molecule has 1 unspecified atom stereocenters. The standard InChI is InChI=1S/C16H18F9N7/c1-3-7(14(17,18)19)13(9-5-6-27-10(28-9)16(23,24)25)31-11(26)30-12(32-13)29-8(4-2)15(20,21)22/h5-8H,3-4H2,1-2H3,(H4,26,29,30,31,32)/t7-,8-,13?/m0/s1. The van der Waals surface area contributed by atoms with Gasteiger partial charge >= 0.3 is 18.5 Å². The lowest BCUT2D eigenvalue weighted by molar-refractivity contribution is -0.197. The van der Waals surface area contributed by atoms with Crippen molar-refractivity contribution in [2.24, 2.45) is 21.6 Å². The Morgan fingerprint density at radius 2 is 1.66 bits per heavy atom. The second kappa shape index (κ2) is 8.61. The number of hydrogen-bond acceptors (Lipinski definition) is 5. The maximum atomic E-state index is 13.9. The Kier molecular flexibility index (Phi) is 6.85. The van der Waals surface area contributed by atoms with E-state index in [0.29, 0.717) is 6.20 Å². The molecule has 1 aliphatic heterocycles. The first kappa shape index (κ1) is 25.5. The molecule has 180 valence electrons. The normalized spacial score (nSPS) is 23.2. The second-order valence-electron chi connectivity index (χ2n) is 6.72. The minimum Gasteiger partial charge on any atom is -0.370 e. The maximum Gasteiger partial charge on any atom is 0.451 e. The van der Waals surface area contributed by atoms with Crippen molar-refractivity contribution in [3.05, 3.63) is 23.8 Å². The van der Waals surface area contributed by atoms with Gasteiger partial charge in [0.1, 0.15) is 12.0 Å². The summed E-state index contributed by atoms with van der Waals surface area (Å²) in [5.74, 6) is -5.95. The van der Waals surface area contributed by atoms with E-state index in [1.165, 1.54) is 0 Å². The maximum absolute atomic E-state index is 13.9. The first-order valence-corrected chi connectivity index (χ1v) is 9.07. The van der Waals surface area contributed by atoms with Gasteiger partial charge in [-0.15, -0.1) is 0 Å². The molecule has 0 spiro atoms. The van der Waals surface area contributed by atoms with Crippen molar-refractivity contribution in [2.75, 3.05) is 0 Å². The lowest BCUT2D eigenvalue weighted by Crippen LogP contribution is -2.64. The highest BCUT2D eigenvalue weighted by molar-refractivity contribution is 6.00. The first-order chi connectivity index (χ1) is 14.5. The lowest BCUT2D eigenvalue weighted by Gasteiger charge is -2.41. The Morgan fingerprint density at radius 1 is 1.03 bits per heavy atom. The highest BCUT2D eigenvalue weighted by atomic mass is 19.4. The van der Waals surface area contributed by atoms with Crippen LogP contribution in [0.1, 0.15) is 38.2 Å². The Labute approximate surface area is 175 Å². The molecule has 0 bridgehead atoms. The van der Waals surface area contributed by atoms with Crippen LogP contribution >= 0.6 is 0 Å². The van der Waals surface area contributed by atoms with Gasteiger partial charge < -0.3 is 11.1 Å². The van der Waals surface area contributed by atoms with Crippen LogP contribution in [0.2, 0.25) is 0 Å². The molecular weight excluding hydrogens is 461 g/mol. The average molecular weight is 479 g/mol. The molecule has 0 saturated heterocycles. The smallest absolute Gasteiger partial charge is 0.370 e. The Morgan fingerprint density at radius 3 is 2.12 bits per heavy atom. The summed E-state index contributed by atoms with van der Waals surface area (Å²) >= 11 is 0. The van der Waals surface area contributed by atoms with Crippen LogP contribution in [0, 0.1) is 5.92 Å². The van der Waals surface area contributed by atoms with E-state index in [0.717, 1.165) is 19.9 Å². The predicted molar refractivity (Wildman–Crippen MR) is 94.0 cm³/mol. The molecule has 0 aliphatic carbocycles. The molecule has 0 amide bonds. The number of guanidine groups is 2. The fourth-order valence-corrected chi connectivity index (χ4v) is 3.13. The monoisotopic (exact) mass is 479 g/mol. The third-order valence-electron chi connectivity index (χ3n) is 4.51. The van der Waals surface area contributed by atoms with Crippen molar-refractivity contribution >= 4 is 11.9 Å². The lowest BCUT2D eigenvalue weighted by atomic mass is 9.86. The summed E-state index contributed by atoms with van der Waals surface area (Å²) in [6, 6.07) is -1.60. The van der Waals surface area contributed by atoms with Gasteiger partial charge in [0.05, 0.1) is 5.69 Å². The van der Waals surface area contributed by atoms with Crippen molar-refractivity contribution < 1.29 is 39.5 Å². The molecule has 2 heterocycles. The molecule has 1 aromatic heterocycles. The molecule has 2 rings (SSSR count). The largest absolute Gasteiger partial charge is 0.451 e. The summed E-state index contributed by atoms with van der Waals surface area (Å²) in [5, 5.41) is 4.17. The van der Waals surface area contributed by atoms with Crippen LogP contribution in [0.15, 0.2) is 22.2 Å². The molecule has 16 heteroatoms. The highest BCUT2D eigenvalue weighted by Crippen LogP contribution is 2.44. The fraction of sp³-hybridized carbons (Fsp3) is 0.625. The van der Waals surface area contributed by atoms with E-state index in [-0.39, 0.29) is 0 Å². The van der Waals surface area contributed by atoms with Gasteiger partial charge in [-0.1, -0.05) is 13.8 Å². The van der Waals surface area contributed by atoms with Crippen molar-refractivity contribution in [3.63, 3.8) is 0 Å². The number of alkyl halides is 9. The number of nitrogens with one attached hydrogen (secondary N) is 2. The molecule has 0 radical (unpaired) electrons. The van der Waals surface area contributed by atoms with Crippen molar-refractivity contribution in [1.82, 2.24) is 20.6 Å². The fourth-order valence-electron chi connectivity index (χ4n) is 3.13. The number of hydrogen-bond donors (Lipinski definition) is 3. The van der Waals surface area contributed by atoms with Gasteiger partial charge in [-0.3, -0.25) is 5.32 Å². The van der Waals surface area contributed by atoms with Crippen LogP contribution in [-0.4, -0.2) is 40.3 Å². The molecule has 3 atom stereocenters. The van der Waals surface area contributed by atoms with Crippen LogP contribution in [0.4, 0.5) is 39.5 Å². The van der Waals surface area contributed by atoms with Crippen molar-refractivity contribution in [3.8, 4) is 0 Å². The van der Waals surface area contributed by atoms with Crippen molar-refractivity contribution in [1.29, 1.82) is 0 Å². The van der Waals surface area contributed by atoms with Gasteiger partial charge in [0.25, 0.3) is 0 Å². The van der Waals surface area contributed by atoms with Crippen LogP contribution in [0.25, 0.3) is 0 Å². The van der Waals surface area contributed by atoms with Gasteiger partial charge in [-0.05, 0) is 18.9 Å². The van der Waals surface area contributed by atoms with Gasteiger partial charge in [-0.25, -0.2) is 20.0 Å². The Balaban J connectivity index is 2.76. The zero-order chi connectivity index (χ0) is 24.5. The molecule has 0 fully saturated rings. The highest BCUT2D eigenvalue weighted by Gasteiger charge is 2.57. The topological polar surface area (TPSA) is 101 Å². The minimum atomic E-state index is -5.11. The van der Waals surface area contributed by atoms with Gasteiger partial charge in [0.15, 0.2) is 11.6 Å². The minimum absolute atomic E-state index is 0.562. The zero-order valence-electron chi connectivity index (χ0n) is 16.5. The summed E-state index contributed by atoms with van der Waals surface area (Å²) in [6.07, 6.45) is -15.8. The summed E-state index contributed by atoms with van der Waals surface area (Å²) in [5.41, 5.74) is 1.79. The summed E-state index contributed by atoms with van der Waals surface area (Å²) in [6.45, 7) is 2.21.